The average molecular weight is 343 g/mol. The van der Waals surface area contributed by atoms with Crippen LogP contribution in [-0.4, -0.2) is 49.2 Å². The summed E-state index contributed by atoms with van der Waals surface area (Å²) in [5.41, 5.74) is 4.10. The van der Waals surface area contributed by atoms with E-state index in [1.54, 1.807) is 0 Å². The number of rotatable bonds is 4. The molecule has 1 saturated heterocycles. The number of nitrogens with zero attached hydrogens (tertiary/aromatic N) is 2. The molecular formula is C9H12F2N3O7P. The molecule has 3 atom stereocenters. The van der Waals surface area contributed by atoms with E-state index in [1.165, 1.54) is 0 Å². The number of nitrogens with two attached hydrogens (primary N) is 1. The van der Waals surface area contributed by atoms with Gasteiger partial charge in [-0.25, -0.2) is 9.36 Å². The molecule has 0 bridgehead atoms. The Morgan fingerprint density at radius 3 is 2.73 bits per heavy atom. The summed E-state index contributed by atoms with van der Waals surface area (Å²) in [4.78, 5) is 31.9. The molecule has 13 heteroatoms. The standard InChI is InChI=1S/C9H12F2N3O7P/c10-9(11)6(15)4(3-20-22(17,18)19)21-7(9)14-2-1-5(12)13-8(14)16/h1-2,4,6-7,15H,3H2,(H2,12,13,16)(H2,17,18,19)/t4-,6?,7-/m0/s1. The lowest BCUT2D eigenvalue weighted by Crippen LogP contribution is -2.41. The number of ether oxygens (including phenoxy) is 1. The van der Waals surface area contributed by atoms with E-state index in [0.29, 0.717) is 4.57 Å². The molecule has 10 nitrogen and oxygen atoms in total. The Balaban J connectivity index is 2.26. The van der Waals surface area contributed by atoms with Crippen molar-refractivity contribution in [2.75, 3.05) is 12.3 Å². The number of halogens is 2. The van der Waals surface area contributed by atoms with Gasteiger partial charge in [-0.2, -0.15) is 13.8 Å². The Kier molecular flexibility index (Phi) is 4.35. The second-order valence-electron chi connectivity index (χ2n) is 4.47. The molecule has 2 heterocycles. The molecule has 5 N–H and O–H groups in total. The van der Waals surface area contributed by atoms with Crippen LogP contribution in [0.15, 0.2) is 17.1 Å². The summed E-state index contributed by atoms with van der Waals surface area (Å²) in [5.74, 6) is -4.10. The van der Waals surface area contributed by atoms with Gasteiger partial charge in [0.1, 0.15) is 11.9 Å². The maximum absolute atomic E-state index is 14.0. The highest BCUT2D eigenvalue weighted by molar-refractivity contribution is 7.46. The third-order valence-corrected chi connectivity index (χ3v) is 3.38. The predicted molar refractivity (Wildman–Crippen MR) is 65.8 cm³/mol. The van der Waals surface area contributed by atoms with Crippen molar-refractivity contribution < 1.29 is 37.5 Å². The molecule has 0 amide bonds. The average Bonchev–Trinajstić information content (AvgIpc) is 2.59. The highest BCUT2D eigenvalue weighted by Crippen LogP contribution is 2.44. The summed E-state index contributed by atoms with van der Waals surface area (Å²) in [6, 6.07) is 1.08. The largest absolute Gasteiger partial charge is 0.469 e. The van der Waals surface area contributed by atoms with E-state index in [2.05, 4.69) is 9.51 Å². The summed E-state index contributed by atoms with van der Waals surface area (Å²) in [6.45, 7) is -0.991. The van der Waals surface area contributed by atoms with Gasteiger partial charge in [-0.1, -0.05) is 0 Å². The lowest BCUT2D eigenvalue weighted by atomic mass is 10.1. The van der Waals surface area contributed by atoms with Crippen LogP contribution in [-0.2, 0) is 13.8 Å². The summed E-state index contributed by atoms with van der Waals surface area (Å²) in [7, 11) is -4.93. The van der Waals surface area contributed by atoms with Gasteiger partial charge in [-0.05, 0) is 6.07 Å². The summed E-state index contributed by atoms with van der Waals surface area (Å²) >= 11 is 0. The van der Waals surface area contributed by atoms with Crippen LogP contribution in [0.25, 0.3) is 0 Å². The zero-order valence-corrected chi connectivity index (χ0v) is 11.6. The van der Waals surface area contributed by atoms with Crippen molar-refractivity contribution >= 4 is 13.6 Å². The smallest absolute Gasteiger partial charge is 0.384 e. The topological polar surface area (TPSA) is 157 Å². The normalized spacial score (nSPS) is 28.0. The van der Waals surface area contributed by atoms with Gasteiger partial charge in [0, 0.05) is 6.20 Å². The van der Waals surface area contributed by atoms with Gasteiger partial charge >= 0.3 is 19.4 Å². The molecule has 1 fully saturated rings. The van der Waals surface area contributed by atoms with E-state index in [0.717, 1.165) is 12.3 Å². The number of nitrogen functional groups attached to an aromatic ring is 1. The van der Waals surface area contributed by atoms with Crippen LogP contribution in [0.1, 0.15) is 6.23 Å². The number of aromatic nitrogens is 2. The molecule has 124 valence electrons. The van der Waals surface area contributed by atoms with E-state index in [4.69, 9.17) is 20.3 Å². The van der Waals surface area contributed by atoms with Crippen LogP contribution >= 0.6 is 7.82 Å². The van der Waals surface area contributed by atoms with Crippen molar-refractivity contribution in [2.45, 2.75) is 24.4 Å². The molecule has 0 radical (unpaired) electrons. The minimum absolute atomic E-state index is 0.190. The van der Waals surface area contributed by atoms with Gasteiger partial charge < -0.3 is 25.4 Å². The van der Waals surface area contributed by atoms with Crippen molar-refractivity contribution in [3.05, 3.63) is 22.7 Å². The second kappa shape index (κ2) is 5.65. The molecule has 0 aliphatic carbocycles. The maximum Gasteiger partial charge on any atom is 0.469 e. The number of anilines is 1. The Labute approximate surface area is 121 Å². The third kappa shape index (κ3) is 3.32. The number of hydrogen-bond donors (Lipinski definition) is 4. The van der Waals surface area contributed by atoms with E-state index in [1.807, 2.05) is 0 Å². The summed E-state index contributed by atoms with van der Waals surface area (Å²) in [6.07, 6.45) is -5.50. The number of aliphatic hydroxyl groups excluding tert-OH is 1. The number of phosphoric ester groups is 1. The molecule has 1 aromatic heterocycles. The van der Waals surface area contributed by atoms with Crippen LogP contribution < -0.4 is 11.4 Å². The quantitative estimate of drug-likeness (QED) is 0.494. The summed E-state index contributed by atoms with van der Waals surface area (Å²) in [5, 5.41) is 9.52. The van der Waals surface area contributed by atoms with E-state index >= 15 is 0 Å². The molecular weight excluding hydrogens is 331 g/mol. The van der Waals surface area contributed by atoms with Gasteiger partial charge in [0.25, 0.3) is 0 Å². The predicted octanol–water partition coefficient (Wildman–Crippen LogP) is -1.17. The Morgan fingerprint density at radius 1 is 1.55 bits per heavy atom. The van der Waals surface area contributed by atoms with Crippen molar-refractivity contribution in [3.63, 3.8) is 0 Å². The minimum atomic E-state index is -4.93. The van der Waals surface area contributed by atoms with Crippen LogP contribution in [0.3, 0.4) is 0 Å². The van der Waals surface area contributed by atoms with Crippen molar-refractivity contribution in [1.82, 2.24) is 9.55 Å². The van der Waals surface area contributed by atoms with Gasteiger partial charge in [0.15, 0.2) is 6.10 Å². The van der Waals surface area contributed by atoms with Gasteiger partial charge in [0.2, 0.25) is 6.23 Å². The highest BCUT2D eigenvalue weighted by atomic mass is 31.2. The van der Waals surface area contributed by atoms with Crippen molar-refractivity contribution in [1.29, 1.82) is 0 Å². The fraction of sp³-hybridized carbons (Fsp3) is 0.556. The molecule has 22 heavy (non-hydrogen) atoms. The first-order valence-corrected chi connectivity index (χ1v) is 7.31. The monoisotopic (exact) mass is 343 g/mol. The molecule has 1 aromatic rings. The fourth-order valence-corrected chi connectivity index (χ4v) is 2.22. The van der Waals surface area contributed by atoms with Crippen LogP contribution in [0, 0.1) is 0 Å². The minimum Gasteiger partial charge on any atom is -0.384 e. The number of aliphatic hydroxyl groups is 1. The SMILES string of the molecule is Nc1ccn([C@H]2O[C@@H](COP(=O)(O)O)C(O)C2(F)F)c(=O)n1. The molecule has 2 rings (SSSR count). The van der Waals surface area contributed by atoms with E-state index in [-0.39, 0.29) is 5.82 Å². The summed E-state index contributed by atoms with van der Waals surface area (Å²) < 4.78 is 47.8. The van der Waals surface area contributed by atoms with Crippen molar-refractivity contribution in [3.8, 4) is 0 Å². The van der Waals surface area contributed by atoms with Crippen molar-refractivity contribution in [2.24, 2.45) is 0 Å². The van der Waals surface area contributed by atoms with Crippen LogP contribution in [0.5, 0.6) is 0 Å². The van der Waals surface area contributed by atoms with Crippen LogP contribution in [0.4, 0.5) is 14.6 Å². The maximum atomic E-state index is 14.0. The van der Waals surface area contributed by atoms with E-state index < -0.39 is 44.5 Å². The molecule has 1 aliphatic rings. The Morgan fingerprint density at radius 2 is 2.18 bits per heavy atom. The number of phosphoric acid groups is 1. The van der Waals surface area contributed by atoms with Gasteiger partial charge in [-0.15, -0.1) is 0 Å². The zero-order chi connectivity index (χ0) is 16.7. The second-order valence-corrected chi connectivity index (χ2v) is 5.71. The number of alkyl halides is 2. The first-order valence-electron chi connectivity index (χ1n) is 5.78. The number of hydrogen-bond acceptors (Lipinski definition) is 7. The van der Waals surface area contributed by atoms with Gasteiger partial charge in [-0.3, -0.25) is 9.09 Å². The zero-order valence-electron chi connectivity index (χ0n) is 10.7. The molecule has 1 aliphatic heterocycles. The molecule has 1 unspecified atom stereocenters. The fourth-order valence-electron chi connectivity index (χ4n) is 1.88. The molecule has 0 aromatic carbocycles. The first kappa shape index (κ1) is 16.9. The van der Waals surface area contributed by atoms with E-state index in [9.17, 15) is 23.2 Å². The molecule has 0 saturated carbocycles. The molecule has 0 spiro atoms. The Bertz CT molecular complexity index is 663. The first-order chi connectivity index (χ1) is 10.0. The highest BCUT2D eigenvalue weighted by Gasteiger charge is 2.60. The Hall–Kier alpha value is -1.43. The van der Waals surface area contributed by atoms with Crippen LogP contribution in [0.2, 0.25) is 0 Å². The lowest BCUT2D eigenvalue weighted by molar-refractivity contribution is -0.140. The van der Waals surface area contributed by atoms with Gasteiger partial charge in [0.05, 0.1) is 6.61 Å². The lowest BCUT2D eigenvalue weighted by Gasteiger charge is -2.20. The third-order valence-electron chi connectivity index (χ3n) is 2.89.